The number of nitrogens with zero attached hydrogens (tertiary/aromatic N) is 2. The van der Waals surface area contributed by atoms with Crippen LogP contribution in [0.25, 0.3) is 0 Å². The topological polar surface area (TPSA) is 124 Å². The molecular weight excluding hydrogens is 560 g/mol. The minimum absolute atomic E-state index is 0.0123. The number of nitrogens with one attached hydrogen (secondary N) is 2. The number of carbonyl (C=O) groups is 2. The Labute approximate surface area is 260 Å². The summed E-state index contributed by atoms with van der Waals surface area (Å²) in [5.41, 5.74) is 5.20. The summed E-state index contributed by atoms with van der Waals surface area (Å²) in [5.74, 6) is -0.481. The van der Waals surface area contributed by atoms with Gasteiger partial charge in [0.2, 0.25) is 11.8 Å². The van der Waals surface area contributed by atoms with Gasteiger partial charge in [0, 0.05) is 49.6 Å². The number of aliphatic hydroxyl groups excluding tert-OH is 1. The van der Waals surface area contributed by atoms with Crippen molar-refractivity contribution in [2.45, 2.75) is 95.4 Å². The van der Waals surface area contributed by atoms with E-state index in [9.17, 15) is 14.7 Å². The van der Waals surface area contributed by atoms with Crippen molar-refractivity contribution < 1.29 is 29.4 Å². The van der Waals surface area contributed by atoms with E-state index in [4.69, 9.17) is 14.7 Å². The molecule has 0 spiro atoms. The van der Waals surface area contributed by atoms with Gasteiger partial charge in [0.15, 0.2) is 6.29 Å². The first-order chi connectivity index (χ1) is 21.5. The first-order valence-electron chi connectivity index (χ1n) is 16.3. The lowest BCUT2D eigenvalue weighted by Crippen LogP contribution is -2.45. The van der Waals surface area contributed by atoms with Crippen LogP contribution < -0.4 is 10.8 Å². The summed E-state index contributed by atoms with van der Waals surface area (Å²) in [6.07, 6.45) is 7.85. The van der Waals surface area contributed by atoms with E-state index in [-0.39, 0.29) is 31.1 Å². The van der Waals surface area contributed by atoms with Crippen molar-refractivity contribution in [1.82, 2.24) is 15.3 Å². The molecule has 44 heavy (non-hydrogen) atoms. The predicted octanol–water partition coefficient (Wildman–Crippen LogP) is 4.68. The molecule has 0 bridgehead atoms. The Kier molecular flexibility index (Phi) is 12.2. The molecule has 3 heterocycles. The van der Waals surface area contributed by atoms with E-state index >= 15 is 0 Å². The molecule has 240 valence electrons. The van der Waals surface area contributed by atoms with Crippen molar-refractivity contribution in [3.63, 3.8) is 0 Å². The van der Waals surface area contributed by atoms with E-state index in [1.807, 2.05) is 48.5 Å². The van der Waals surface area contributed by atoms with Gasteiger partial charge in [-0.1, -0.05) is 42.8 Å². The third-order valence-electron chi connectivity index (χ3n) is 9.12. The Balaban J connectivity index is 1.20. The third kappa shape index (κ3) is 9.32. The first kappa shape index (κ1) is 32.5. The standard InChI is InChI=1S/C34H48N4O6/c39-24-25-10-12-26(13-11-25)31-21-30(23-38-20-6-7-29(38)22-37-18-4-5-19-37)43-34(44-31)27-14-16-28(17-15-27)35-32(40)8-2-1-3-9-33(41)36-42/h10-17,29-31,34,39,42H,1-9,18-24H2,(H,35,40)(H,36,41)/t29-,30+,31-,34-/m0/s1. The number of amides is 2. The summed E-state index contributed by atoms with van der Waals surface area (Å²) in [5, 5.41) is 21.0. The zero-order valence-electron chi connectivity index (χ0n) is 25.7. The second kappa shape index (κ2) is 16.5. The maximum atomic E-state index is 12.4. The Morgan fingerprint density at radius 1 is 0.818 bits per heavy atom. The highest BCUT2D eigenvalue weighted by Gasteiger charge is 2.36. The van der Waals surface area contributed by atoms with Gasteiger partial charge in [0.1, 0.15) is 0 Å². The molecule has 0 radical (unpaired) electrons. The van der Waals surface area contributed by atoms with Gasteiger partial charge < -0.3 is 24.8 Å². The van der Waals surface area contributed by atoms with E-state index in [2.05, 4.69) is 15.1 Å². The second-order valence-electron chi connectivity index (χ2n) is 12.4. The number of ether oxygens (including phenoxy) is 2. The van der Waals surface area contributed by atoms with Crippen LogP contribution in [0.5, 0.6) is 0 Å². The normalized spacial score (nSPS) is 24.4. The van der Waals surface area contributed by atoms with Crippen LogP contribution in [0.3, 0.4) is 0 Å². The molecule has 3 aliphatic rings. The van der Waals surface area contributed by atoms with Crippen molar-refractivity contribution in [1.29, 1.82) is 0 Å². The van der Waals surface area contributed by atoms with Crippen LogP contribution in [-0.4, -0.2) is 76.8 Å². The molecule has 2 amide bonds. The van der Waals surface area contributed by atoms with Gasteiger partial charge in [0.05, 0.1) is 18.8 Å². The summed E-state index contributed by atoms with van der Waals surface area (Å²) in [6.45, 7) is 5.57. The molecule has 5 rings (SSSR count). The fourth-order valence-corrected chi connectivity index (χ4v) is 6.65. The van der Waals surface area contributed by atoms with Crippen LogP contribution >= 0.6 is 0 Å². The van der Waals surface area contributed by atoms with Crippen LogP contribution in [0.4, 0.5) is 5.69 Å². The molecule has 0 aromatic heterocycles. The molecule has 3 aliphatic heterocycles. The number of hydrogen-bond acceptors (Lipinski definition) is 8. The Hall–Kier alpha value is -2.86. The zero-order chi connectivity index (χ0) is 30.7. The summed E-state index contributed by atoms with van der Waals surface area (Å²) < 4.78 is 13.2. The maximum absolute atomic E-state index is 12.4. The number of likely N-dealkylation sites (tertiary alicyclic amines) is 2. The van der Waals surface area contributed by atoms with Crippen LogP contribution in [0, 0.1) is 0 Å². The lowest BCUT2D eigenvalue weighted by molar-refractivity contribution is -0.253. The molecule has 0 saturated carbocycles. The predicted molar refractivity (Wildman–Crippen MR) is 167 cm³/mol. The van der Waals surface area contributed by atoms with Gasteiger partial charge in [-0.25, -0.2) is 5.48 Å². The van der Waals surface area contributed by atoms with Gasteiger partial charge in [-0.2, -0.15) is 0 Å². The summed E-state index contributed by atoms with van der Waals surface area (Å²) in [4.78, 5) is 28.8. The molecule has 2 aromatic carbocycles. The highest BCUT2D eigenvalue weighted by Crippen LogP contribution is 2.39. The number of benzene rings is 2. The van der Waals surface area contributed by atoms with Crippen LogP contribution in [0.15, 0.2) is 48.5 Å². The second-order valence-corrected chi connectivity index (χ2v) is 12.4. The van der Waals surface area contributed by atoms with Crippen molar-refractivity contribution >= 4 is 17.5 Å². The van der Waals surface area contributed by atoms with Gasteiger partial charge in [-0.15, -0.1) is 0 Å². The molecule has 3 saturated heterocycles. The smallest absolute Gasteiger partial charge is 0.243 e. The number of aliphatic hydroxyl groups is 1. The third-order valence-corrected chi connectivity index (χ3v) is 9.12. The number of unbranched alkanes of at least 4 members (excludes halogenated alkanes) is 2. The van der Waals surface area contributed by atoms with Crippen molar-refractivity contribution in [3.8, 4) is 0 Å². The number of anilines is 1. The summed E-state index contributed by atoms with van der Waals surface area (Å²) in [7, 11) is 0. The number of hydrogen-bond donors (Lipinski definition) is 4. The molecule has 2 aromatic rings. The minimum atomic E-state index is -0.531. The van der Waals surface area contributed by atoms with Crippen LogP contribution in [-0.2, 0) is 25.7 Å². The molecule has 10 heteroatoms. The highest BCUT2D eigenvalue weighted by molar-refractivity contribution is 5.90. The first-order valence-corrected chi connectivity index (χ1v) is 16.3. The molecule has 10 nitrogen and oxygen atoms in total. The fourth-order valence-electron chi connectivity index (χ4n) is 6.65. The Morgan fingerprint density at radius 3 is 2.23 bits per heavy atom. The average Bonchev–Trinajstić information content (AvgIpc) is 3.73. The van der Waals surface area contributed by atoms with E-state index in [1.165, 1.54) is 38.8 Å². The number of hydroxylamine groups is 1. The van der Waals surface area contributed by atoms with Gasteiger partial charge in [0.25, 0.3) is 0 Å². The quantitative estimate of drug-likeness (QED) is 0.139. The zero-order valence-corrected chi connectivity index (χ0v) is 25.7. The fraction of sp³-hybridized carbons (Fsp3) is 0.588. The lowest BCUT2D eigenvalue weighted by Gasteiger charge is -2.39. The van der Waals surface area contributed by atoms with Crippen molar-refractivity contribution in [2.75, 3.05) is 38.0 Å². The molecular formula is C34H48N4O6. The van der Waals surface area contributed by atoms with E-state index in [0.717, 1.165) is 49.2 Å². The Morgan fingerprint density at radius 2 is 1.52 bits per heavy atom. The van der Waals surface area contributed by atoms with Crippen LogP contribution in [0.1, 0.15) is 93.3 Å². The minimum Gasteiger partial charge on any atom is -0.392 e. The van der Waals surface area contributed by atoms with Crippen LogP contribution in [0.2, 0.25) is 0 Å². The largest absolute Gasteiger partial charge is 0.392 e. The SMILES string of the molecule is O=C(CCCCCC(=O)Nc1ccc([C@H]2O[C@@H](CN3CCC[C@H]3CN3CCCC3)C[C@@H](c3ccc(CO)cc3)O2)cc1)NO. The molecule has 0 unspecified atom stereocenters. The average molecular weight is 609 g/mol. The molecule has 0 aliphatic carbocycles. The number of carbonyl (C=O) groups excluding carboxylic acids is 2. The highest BCUT2D eigenvalue weighted by atomic mass is 16.7. The van der Waals surface area contributed by atoms with E-state index in [0.29, 0.717) is 31.0 Å². The van der Waals surface area contributed by atoms with Crippen molar-refractivity contribution in [3.05, 3.63) is 65.2 Å². The lowest BCUT2D eigenvalue weighted by atomic mass is 9.99. The monoisotopic (exact) mass is 608 g/mol. The Bertz CT molecular complexity index is 1190. The summed E-state index contributed by atoms with van der Waals surface area (Å²) >= 11 is 0. The molecule has 3 fully saturated rings. The summed E-state index contributed by atoms with van der Waals surface area (Å²) in [6, 6.07) is 16.2. The number of rotatable bonds is 14. The maximum Gasteiger partial charge on any atom is 0.243 e. The van der Waals surface area contributed by atoms with Gasteiger partial charge in [-0.3, -0.25) is 19.7 Å². The molecule has 4 atom stereocenters. The van der Waals surface area contributed by atoms with Gasteiger partial charge >= 0.3 is 0 Å². The molecule has 4 N–H and O–H groups in total. The van der Waals surface area contributed by atoms with Crippen molar-refractivity contribution in [2.24, 2.45) is 0 Å². The van der Waals surface area contributed by atoms with Gasteiger partial charge in [-0.05, 0) is 81.4 Å². The van der Waals surface area contributed by atoms with E-state index in [1.54, 1.807) is 5.48 Å². The van der Waals surface area contributed by atoms with E-state index < -0.39 is 12.2 Å².